The van der Waals surface area contributed by atoms with Crippen LogP contribution in [0.5, 0.6) is 5.75 Å². The van der Waals surface area contributed by atoms with Gasteiger partial charge in [0.15, 0.2) is 5.58 Å². The minimum Gasteiger partial charge on any atom is -0.507 e. The summed E-state index contributed by atoms with van der Waals surface area (Å²) in [4.78, 5) is 9.68. The van der Waals surface area contributed by atoms with Gasteiger partial charge in [-0.05, 0) is 70.0 Å². The van der Waals surface area contributed by atoms with E-state index in [0.29, 0.717) is 11.5 Å². The first kappa shape index (κ1) is 24.9. The Morgan fingerprint density at radius 1 is 0.744 bits per heavy atom. The second-order valence-electron chi connectivity index (χ2n) is 11.5. The van der Waals surface area contributed by atoms with Crippen LogP contribution in [0.4, 0.5) is 0 Å². The smallest absolute Gasteiger partial charge is 0.231 e. The van der Waals surface area contributed by atoms with Crippen LogP contribution in [-0.2, 0) is 5.41 Å². The number of phenols is 1. The van der Waals surface area contributed by atoms with Crippen LogP contribution in [0.3, 0.4) is 0 Å². The Morgan fingerprint density at radius 2 is 1.51 bits per heavy atom. The van der Waals surface area contributed by atoms with Gasteiger partial charge in [-0.3, -0.25) is 4.98 Å². The fourth-order valence-electron chi connectivity index (χ4n) is 5.18. The number of para-hydroxylation sites is 1. The van der Waals surface area contributed by atoms with Crippen molar-refractivity contribution in [1.82, 2.24) is 9.97 Å². The normalized spacial score (nSPS) is 12.1. The SMILES string of the molecule is CC(C)c1ccc(-c2cccc(-c3cc(C(C)(C)C)cc4cccnc34)c2)c2nc(-c3ccccc3O)oc12. The Labute approximate surface area is 229 Å². The highest BCUT2D eigenvalue weighted by atomic mass is 16.4. The average molecular weight is 513 g/mol. The molecule has 0 atom stereocenters. The van der Waals surface area contributed by atoms with E-state index in [1.807, 2.05) is 24.4 Å². The monoisotopic (exact) mass is 512 g/mol. The molecule has 6 rings (SSSR count). The number of aromatic hydroxyl groups is 1. The zero-order chi connectivity index (χ0) is 27.3. The van der Waals surface area contributed by atoms with Crippen LogP contribution in [0.1, 0.15) is 51.7 Å². The van der Waals surface area contributed by atoms with Crippen molar-refractivity contribution in [2.75, 3.05) is 0 Å². The lowest BCUT2D eigenvalue weighted by Gasteiger charge is -2.21. The molecule has 0 amide bonds. The van der Waals surface area contributed by atoms with E-state index in [1.165, 1.54) is 5.56 Å². The van der Waals surface area contributed by atoms with Crippen molar-refractivity contribution in [3.63, 3.8) is 0 Å². The Balaban J connectivity index is 1.56. The summed E-state index contributed by atoms with van der Waals surface area (Å²) < 4.78 is 6.33. The second-order valence-corrected chi connectivity index (χ2v) is 11.5. The van der Waals surface area contributed by atoms with Gasteiger partial charge in [-0.2, -0.15) is 0 Å². The van der Waals surface area contributed by atoms with E-state index in [9.17, 15) is 5.11 Å². The van der Waals surface area contributed by atoms with Crippen molar-refractivity contribution in [1.29, 1.82) is 0 Å². The Kier molecular flexibility index (Phi) is 5.99. The van der Waals surface area contributed by atoms with E-state index in [1.54, 1.807) is 12.1 Å². The van der Waals surface area contributed by atoms with Crippen LogP contribution in [0.2, 0.25) is 0 Å². The molecule has 0 bridgehead atoms. The molecular formula is C35H32N2O2. The molecule has 6 aromatic rings. The second kappa shape index (κ2) is 9.39. The minimum absolute atomic E-state index is 0.00927. The van der Waals surface area contributed by atoms with Gasteiger partial charge in [0.25, 0.3) is 0 Å². The molecule has 2 heterocycles. The van der Waals surface area contributed by atoms with Gasteiger partial charge in [0.05, 0.1) is 11.1 Å². The zero-order valence-corrected chi connectivity index (χ0v) is 23.0. The number of hydrogen-bond donors (Lipinski definition) is 1. The number of fused-ring (bicyclic) bond motifs is 2. The van der Waals surface area contributed by atoms with Gasteiger partial charge in [-0.15, -0.1) is 0 Å². The summed E-state index contributed by atoms with van der Waals surface area (Å²) in [6, 6.07) is 28.7. The third-order valence-electron chi connectivity index (χ3n) is 7.39. The lowest BCUT2D eigenvalue weighted by molar-refractivity contribution is 0.474. The van der Waals surface area contributed by atoms with Crippen molar-refractivity contribution in [3.8, 4) is 39.5 Å². The Morgan fingerprint density at radius 3 is 2.26 bits per heavy atom. The first-order valence-corrected chi connectivity index (χ1v) is 13.4. The maximum atomic E-state index is 10.5. The van der Waals surface area contributed by atoms with Crippen LogP contribution in [0, 0.1) is 0 Å². The van der Waals surface area contributed by atoms with Crippen molar-refractivity contribution in [2.24, 2.45) is 0 Å². The number of hydrogen-bond acceptors (Lipinski definition) is 4. The fourth-order valence-corrected chi connectivity index (χ4v) is 5.18. The topological polar surface area (TPSA) is 59.2 Å². The molecule has 0 saturated carbocycles. The minimum atomic E-state index is 0.00927. The number of aromatic nitrogens is 2. The highest BCUT2D eigenvalue weighted by Gasteiger charge is 2.21. The van der Waals surface area contributed by atoms with Gasteiger partial charge in [0, 0.05) is 22.7 Å². The zero-order valence-electron chi connectivity index (χ0n) is 23.0. The highest BCUT2D eigenvalue weighted by Crippen LogP contribution is 2.40. The Bertz CT molecular complexity index is 1840. The number of pyridine rings is 1. The fraction of sp³-hybridized carbons (Fsp3) is 0.200. The molecule has 1 N–H and O–H groups in total. The van der Waals surface area contributed by atoms with Crippen LogP contribution in [-0.4, -0.2) is 15.1 Å². The first-order chi connectivity index (χ1) is 18.7. The van der Waals surface area contributed by atoms with Crippen molar-refractivity contribution in [2.45, 2.75) is 46.0 Å². The Hall–Kier alpha value is -4.44. The first-order valence-electron chi connectivity index (χ1n) is 13.4. The van der Waals surface area contributed by atoms with E-state index in [0.717, 1.165) is 49.8 Å². The van der Waals surface area contributed by atoms with Crippen LogP contribution >= 0.6 is 0 Å². The predicted octanol–water partition coefficient (Wildman–Crippen LogP) is 9.50. The molecule has 0 spiro atoms. The van der Waals surface area contributed by atoms with Gasteiger partial charge in [-0.25, -0.2) is 4.98 Å². The lowest BCUT2D eigenvalue weighted by atomic mass is 9.84. The molecule has 0 aliphatic rings. The molecule has 4 aromatic carbocycles. The number of oxazole rings is 1. The number of rotatable bonds is 4. The number of phenolic OH excluding ortho intramolecular Hbond substituents is 1. The predicted molar refractivity (Wildman–Crippen MR) is 160 cm³/mol. The van der Waals surface area contributed by atoms with Gasteiger partial charge in [0.1, 0.15) is 11.3 Å². The molecule has 39 heavy (non-hydrogen) atoms. The van der Waals surface area contributed by atoms with Gasteiger partial charge in [0.2, 0.25) is 5.89 Å². The largest absolute Gasteiger partial charge is 0.507 e. The van der Waals surface area contributed by atoms with Gasteiger partial charge >= 0.3 is 0 Å². The molecule has 0 aliphatic carbocycles. The summed E-state index contributed by atoms with van der Waals surface area (Å²) in [6.07, 6.45) is 1.86. The van der Waals surface area contributed by atoms with E-state index in [4.69, 9.17) is 14.4 Å². The molecule has 2 aromatic heterocycles. The van der Waals surface area contributed by atoms with Crippen LogP contribution in [0.15, 0.2) is 95.5 Å². The quantitative estimate of drug-likeness (QED) is 0.255. The molecule has 0 saturated heterocycles. The molecule has 0 aliphatic heterocycles. The highest BCUT2D eigenvalue weighted by molar-refractivity contribution is 5.98. The lowest BCUT2D eigenvalue weighted by Crippen LogP contribution is -2.11. The summed E-state index contributed by atoms with van der Waals surface area (Å²) in [5.74, 6) is 0.828. The summed E-state index contributed by atoms with van der Waals surface area (Å²) in [5.41, 5.74) is 9.76. The van der Waals surface area contributed by atoms with Crippen molar-refractivity contribution >= 4 is 22.0 Å². The molecule has 194 valence electrons. The summed E-state index contributed by atoms with van der Waals surface area (Å²) in [6.45, 7) is 11.0. The number of benzene rings is 4. The van der Waals surface area contributed by atoms with E-state index < -0.39 is 0 Å². The standard InChI is InChI=1S/C35H32N2O2/c1-21(2)26-15-16-27(32-33(26)39-34(37-32)28-13-6-7-14-30(28)38)22-10-8-11-23(18-22)29-20-25(35(3,4)5)19-24-12-9-17-36-31(24)29/h6-21,38H,1-5H3. The summed E-state index contributed by atoms with van der Waals surface area (Å²) >= 11 is 0. The van der Waals surface area contributed by atoms with Crippen LogP contribution in [0.25, 0.3) is 55.7 Å². The third-order valence-corrected chi connectivity index (χ3v) is 7.39. The van der Waals surface area contributed by atoms with E-state index >= 15 is 0 Å². The molecule has 0 radical (unpaired) electrons. The maximum Gasteiger partial charge on any atom is 0.231 e. The summed E-state index contributed by atoms with van der Waals surface area (Å²) in [5, 5.41) is 11.6. The molecular weight excluding hydrogens is 480 g/mol. The van der Waals surface area contributed by atoms with Gasteiger partial charge < -0.3 is 9.52 Å². The molecule has 4 heteroatoms. The van der Waals surface area contributed by atoms with E-state index in [-0.39, 0.29) is 17.1 Å². The van der Waals surface area contributed by atoms with E-state index in [2.05, 4.69) is 89.2 Å². The third kappa shape index (κ3) is 4.46. The maximum absolute atomic E-state index is 10.5. The number of nitrogens with zero attached hydrogens (tertiary/aromatic N) is 2. The van der Waals surface area contributed by atoms with Crippen molar-refractivity contribution in [3.05, 3.63) is 102 Å². The summed E-state index contributed by atoms with van der Waals surface area (Å²) in [7, 11) is 0. The van der Waals surface area contributed by atoms with Gasteiger partial charge in [-0.1, -0.05) is 83.1 Å². The van der Waals surface area contributed by atoms with Crippen molar-refractivity contribution < 1.29 is 9.52 Å². The molecule has 0 unspecified atom stereocenters. The van der Waals surface area contributed by atoms with Crippen LogP contribution < -0.4 is 0 Å². The average Bonchev–Trinajstić information content (AvgIpc) is 3.36. The molecule has 4 nitrogen and oxygen atoms in total. The molecule has 0 fully saturated rings.